The number of aryl methyl sites for hydroxylation is 1. The van der Waals surface area contributed by atoms with E-state index in [4.69, 9.17) is 16.3 Å². The highest BCUT2D eigenvalue weighted by Gasteiger charge is 2.37. The molecule has 2 aromatic carbocycles. The van der Waals surface area contributed by atoms with Gasteiger partial charge in [0, 0.05) is 10.4 Å². The van der Waals surface area contributed by atoms with Crippen LogP contribution in [-0.2, 0) is 11.3 Å². The van der Waals surface area contributed by atoms with Crippen molar-refractivity contribution in [2.24, 2.45) is 0 Å². The second-order valence-electron chi connectivity index (χ2n) is 6.12. The van der Waals surface area contributed by atoms with Gasteiger partial charge in [-0.2, -0.15) is 0 Å². The fourth-order valence-corrected chi connectivity index (χ4v) is 3.61. The Labute approximate surface area is 169 Å². The highest BCUT2D eigenvalue weighted by atomic mass is 35.5. The molecule has 0 saturated heterocycles. The molecule has 4 rings (SSSR count). The van der Waals surface area contributed by atoms with Gasteiger partial charge in [-0.25, -0.2) is 14.7 Å². The molecule has 0 spiro atoms. The van der Waals surface area contributed by atoms with Crippen LogP contribution in [0, 0.1) is 6.92 Å². The van der Waals surface area contributed by atoms with Gasteiger partial charge in [-0.05, 0) is 49.4 Å². The Kier molecular flexibility index (Phi) is 4.70. The summed E-state index contributed by atoms with van der Waals surface area (Å²) >= 11 is 7.34. The third-order valence-corrected chi connectivity index (χ3v) is 5.30. The van der Waals surface area contributed by atoms with E-state index >= 15 is 0 Å². The molecule has 0 saturated carbocycles. The highest BCUT2D eigenvalue weighted by Crippen LogP contribution is 2.30. The van der Waals surface area contributed by atoms with Crippen molar-refractivity contribution in [2.75, 3.05) is 4.90 Å². The van der Waals surface area contributed by atoms with Crippen molar-refractivity contribution < 1.29 is 19.1 Å². The number of anilines is 1. The van der Waals surface area contributed by atoms with Crippen molar-refractivity contribution in [3.05, 3.63) is 80.3 Å². The molecule has 1 aliphatic rings. The van der Waals surface area contributed by atoms with Gasteiger partial charge in [-0.3, -0.25) is 9.59 Å². The van der Waals surface area contributed by atoms with E-state index in [0.29, 0.717) is 16.4 Å². The Morgan fingerprint density at radius 1 is 1.11 bits per heavy atom. The average Bonchev–Trinajstić information content (AvgIpc) is 3.22. The number of ether oxygens (including phenoxy) is 1. The number of nitrogens with zero attached hydrogens (tertiary/aromatic N) is 2. The number of rotatable bonds is 4. The van der Waals surface area contributed by atoms with E-state index in [1.807, 2.05) is 12.3 Å². The number of carbonyl (C=O) groups excluding carboxylic acids is 3. The van der Waals surface area contributed by atoms with E-state index < -0.39 is 17.8 Å². The molecule has 8 heteroatoms. The van der Waals surface area contributed by atoms with Crippen LogP contribution < -0.4 is 4.90 Å². The third-order valence-electron chi connectivity index (χ3n) is 4.22. The summed E-state index contributed by atoms with van der Waals surface area (Å²) in [6.45, 7) is 1.91. The van der Waals surface area contributed by atoms with Gasteiger partial charge >= 0.3 is 5.97 Å². The first kappa shape index (κ1) is 18.3. The molecule has 2 amide bonds. The first-order chi connectivity index (χ1) is 13.4. The van der Waals surface area contributed by atoms with Crippen LogP contribution in [0.5, 0.6) is 0 Å². The number of imide groups is 1. The molecule has 140 valence electrons. The van der Waals surface area contributed by atoms with Gasteiger partial charge in [0.05, 0.1) is 33.1 Å². The van der Waals surface area contributed by atoms with Crippen molar-refractivity contribution in [3.63, 3.8) is 0 Å². The Balaban J connectivity index is 1.56. The molecule has 0 atom stereocenters. The number of amides is 2. The summed E-state index contributed by atoms with van der Waals surface area (Å²) in [5.41, 5.74) is 1.69. The van der Waals surface area contributed by atoms with E-state index in [9.17, 15) is 14.4 Å². The molecule has 6 nitrogen and oxygen atoms in total. The van der Waals surface area contributed by atoms with E-state index in [1.54, 1.807) is 24.3 Å². The number of thiazole rings is 1. The van der Waals surface area contributed by atoms with Gasteiger partial charge < -0.3 is 4.74 Å². The molecule has 0 fully saturated rings. The van der Waals surface area contributed by atoms with Gasteiger partial charge in [0.25, 0.3) is 11.8 Å². The molecule has 0 radical (unpaired) electrons. The van der Waals surface area contributed by atoms with Gasteiger partial charge in [0.2, 0.25) is 0 Å². The van der Waals surface area contributed by atoms with Gasteiger partial charge in [0.15, 0.2) is 0 Å². The van der Waals surface area contributed by atoms with Crippen molar-refractivity contribution >= 4 is 46.4 Å². The van der Waals surface area contributed by atoms with Gasteiger partial charge in [-0.15, -0.1) is 11.3 Å². The largest absolute Gasteiger partial charge is 0.456 e. The van der Waals surface area contributed by atoms with Crippen LogP contribution in [0.2, 0.25) is 5.02 Å². The van der Waals surface area contributed by atoms with Crippen molar-refractivity contribution in [1.82, 2.24) is 4.98 Å². The van der Waals surface area contributed by atoms with Crippen molar-refractivity contribution in [3.8, 4) is 0 Å². The summed E-state index contributed by atoms with van der Waals surface area (Å²) < 4.78 is 5.25. The molecule has 0 unspecified atom stereocenters. The summed E-state index contributed by atoms with van der Waals surface area (Å²) in [6, 6.07) is 10.7. The fourth-order valence-electron chi connectivity index (χ4n) is 2.89. The zero-order valence-electron chi connectivity index (χ0n) is 14.6. The zero-order chi connectivity index (χ0) is 19.8. The summed E-state index contributed by atoms with van der Waals surface area (Å²) in [5.74, 6) is -1.52. The molecule has 1 aromatic heterocycles. The predicted octanol–water partition coefficient (Wildman–Crippen LogP) is 4.26. The lowest BCUT2D eigenvalue weighted by molar-refractivity contribution is 0.0468. The number of carbonyl (C=O) groups is 3. The van der Waals surface area contributed by atoms with Crippen LogP contribution in [0.1, 0.15) is 41.8 Å². The number of hydrogen-bond donors (Lipinski definition) is 0. The monoisotopic (exact) mass is 412 g/mol. The SMILES string of the molecule is Cc1nc(COC(=O)c2ccc3c(c2)C(=O)N(c2ccc(Cl)cc2)C3=O)cs1. The standard InChI is InChI=1S/C20H13ClN2O4S/c1-11-22-14(10-28-11)9-27-20(26)12-2-7-16-17(8-12)19(25)23(18(16)24)15-5-3-13(21)4-6-15/h2-8,10H,9H2,1H3. The first-order valence-corrected chi connectivity index (χ1v) is 9.56. The Morgan fingerprint density at radius 2 is 1.82 bits per heavy atom. The molecule has 3 aromatic rings. The van der Waals surface area contributed by atoms with Gasteiger partial charge in [-0.1, -0.05) is 11.6 Å². The third kappa shape index (κ3) is 3.30. The van der Waals surface area contributed by atoms with Crippen LogP contribution in [0.3, 0.4) is 0 Å². The highest BCUT2D eigenvalue weighted by molar-refractivity contribution is 7.09. The van der Waals surface area contributed by atoms with E-state index in [2.05, 4.69) is 4.98 Å². The minimum Gasteiger partial charge on any atom is -0.456 e. The smallest absolute Gasteiger partial charge is 0.338 e. The topological polar surface area (TPSA) is 76.6 Å². The Bertz CT molecular complexity index is 1110. The Hall–Kier alpha value is -3.03. The predicted molar refractivity (Wildman–Crippen MR) is 105 cm³/mol. The molecule has 0 aliphatic carbocycles. The van der Waals surface area contributed by atoms with E-state index in [0.717, 1.165) is 9.91 Å². The number of aromatic nitrogens is 1. The molecule has 0 bridgehead atoms. The lowest BCUT2D eigenvalue weighted by Crippen LogP contribution is -2.29. The number of hydrogen-bond acceptors (Lipinski definition) is 6. The average molecular weight is 413 g/mol. The van der Waals surface area contributed by atoms with Gasteiger partial charge in [0.1, 0.15) is 6.61 Å². The zero-order valence-corrected chi connectivity index (χ0v) is 16.2. The summed E-state index contributed by atoms with van der Waals surface area (Å²) in [6.07, 6.45) is 0. The van der Waals surface area contributed by atoms with Crippen LogP contribution in [0.4, 0.5) is 5.69 Å². The lowest BCUT2D eigenvalue weighted by Gasteiger charge is -2.13. The number of benzene rings is 2. The van der Waals surface area contributed by atoms with E-state index in [1.165, 1.54) is 29.5 Å². The second-order valence-corrected chi connectivity index (χ2v) is 7.62. The summed E-state index contributed by atoms with van der Waals surface area (Å²) in [4.78, 5) is 43.0. The minimum atomic E-state index is -0.585. The summed E-state index contributed by atoms with van der Waals surface area (Å²) in [7, 11) is 0. The maximum atomic E-state index is 12.8. The number of fused-ring (bicyclic) bond motifs is 1. The normalized spacial score (nSPS) is 13.0. The van der Waals surface area contributed by atoms with E-state index in [-0.39, 0.29) is 23.3 Å². The van der Waals surface area contributed by atoms with Crippen molar-refractivity contribution in [1.29, 1.82) is 0 Å². The van der Waals surface area contributed by atoms with Crippen LogP contribution >= 0.6 is 22.9 Å². The molecule has 28 heavy (non-hydrogen) atoms. The number of halogens is 1. The summed E-state index contributed by atoms with van der Waals surface area (Å²) in [5, 5.41) is 3.20. The minimum absolute atomic E-state index is 0.0457. The number of esters is 1. The molecule has 0 N–H and O–H groups in total. The Morgan fingerprint density at radius 3 is 2.50 bits per heavy atom. The maximum Gasteiger partial charge on any atom is 0.338 e. The molecular weight excluding hydrogens is 400 g/mol. The maximum absolute atomic E-state index is 12.8. The van der Waals surface area contributed by atoms with Crippen molar-refractivity contribution in [2.45, 2.75) is 13.5 Å². The van der Waals surface area contributed by atoms with Crippen LogP contribution in [-0.4, -0.2) is 22.8 Å². The molecule has 1 aliphatic heterocycles. The fraction of sp³-hybridized carbons (Fsp3) is 0.100. The first-order valence-electron chi connectivity index (χ1n) is 8.30. The lowest BCUT2D eigenvalue weighted by atomic mass is 10.1. The quantitative estimate of drug-likeness (QED) is 0.472. The second kappa shape index (κ2) is 7.18. The molecule has 2 heterocycles. The van der Waals surface area contributed by atoms with Crippen LogP contribution in [0.25, 0.3) is 0 Å². The molecular formula is C20H13ClN2O4S. The van der Waals surface area contributed by atoms with Crippen LogP contribution in [0.15, 0.2) is 47.8 Å².